The molecule has 1 nitrogen and oxygen atoms in total. The predicted octanol–water partition coefficient (Wildman–Crippen LogP) is 0.654. The van der Waals surface area contributed by atoms with E-state index in [0.29, 0.717) is 5.41 Å². The maximum atomic E-state index is 9.03. The van der Waals surface area contributed by atoms with E-state index < -0.39 is 0 Å². The van der Waals surface area contributed by atoms with Gasteiger partial charge in [-0.05, 0) is 0 Å². The van der Waals surface area contributed by atoms with Crippen LogP contribution in [0.3, 0.4) is 0 Å². The van der Waals surface area contributed by atoms with E-state index in [9.17, 15) is 0 Å². The van der Waals surface area contributed by atoms with Gasteiger partial charge in [-0.25, -0.2) is 0 Å². The Hall–Kier alpha value is 1.32. The van der Waals surface area contributed by atoms with Crippen LogP contribution in [0.1, 0.15) is 19.8 Å². The zero-order valence-corrected chi connectivity index (χ0v) is 8.22. The zero-order valence-electron chi connectivity index (χ0n) is 4.52. The standard InChI is InChI=1S/C5H9O.Pr/c1-5(4-6)2-3-5;/h4,6H,2-3H2,1H3;. The SMILES string of the molecule is CC1([CH](O)[Pr])CC1. The molecule has 38 valence electrons. The van der Waals surface area contributed by atoms with E-state index in [0.717, 1.165) is 39.2 Å². The number of rotatable bonds is 1. The van der Waals surface area contributed by atoms with Crippen LogP contribution in [0, 0.1) is 44.6 Å². The Morgan fingerprint density at radius 1 is 1.71 bits per heavy atom. The molecular weight excluding hydrogens is 217 g/mol. The summed E-state index contributed by atoms with van der Waals surface area (Å²) in [6.07, 6.45) is 2.51. The first kappa shape index (κ1) is 6.44. The van der Waals surface area contributed by atoms with E-state index in [1.807, 2.05) is 0 Å². The van der Waals surface area contributed by atoms with Crippen molar-refractivity contribution in [3.05, 3.63) is 0 Å². The van der Waals surface area contributed by atoms with E-state index in [2.05, 4.69) is 6.92 Å². The van der Waals surface area contributed by atoms with Crippen molar-refractivity contribution in [2.24, 2.45) is 5.41 Å². The Morgan fingerprint density at radius 2 is 2.14 bits per heavy atom. The van der Waals surface area contributed by atoms with E-state index in [1.165, 1.54) is 12.8 Å². The topological polar surface area (TPSA) is 20.2 Å². The quantitative estimate of drug-likeness (QED) is 0.696. The Bertz CT molecular complexity index is 76.1. The molecule has 7 heavy (non-hydrogen) atoms. The van der Waals surface area contributed by atoms with Gasteiger partial charge in [0.2, 0.25) is 0 Å². The van der Waals surface area contributed by atoms with E-state index in [4.69, 9.17) is 5.11 Å². The molecule has 1 atom stereocenters. The third-order valence-corrected chi connectivity index (χ3v) is 4.33. The molecule has 0 saturated heterocycles. The van der Waals surface area contributed by atoms with Crippen molar-refractivity contribution in [2.45, 2.75) is 21.5 Å². The molecule has 0 amide bonds. The van der Waals surface area contributed by atoms with E-state index in [1.54, 1.807) is 0 Å². The van der Waals surface area contributed by atoms with Crippen molar-refractivity contribution in [3.8, 4) is 0 Å². The summed E-state index contributed by atoms with van der Waals surface area (Å²) in [4.78, 5) is 0. The maximum absolute atomic E-state index is 9.03. The molecule has 1 saturated carbocycles. The van der Waals surface area contributed by atoms with Crippen LogP contribution in [-0.2, 0) is 0 Å². The summed E-state index contributed by atoms with van der Waals surface area (Å²) < 4.78 is 0.0764. The molecule has 0 aromatic heterocycles. The fraction of sp³-hybridized carbons (Fsp3) is 1.00. The number of aliphatic hydroxyl groups is 1. The Kier molecular flexibility index (Phi) is 1.78. The average Bonchev–Trinajstić information content (AvgIpc) is 2.21. The van der Waals surface area contributed by atoms with Gasteiger partial charge in [0.1, 0.15) is 0 Å². The predicted molar refractivity (Wildman–Crippen MR) is 23.3 cm³/mol. The van der Waals surface area contributed by atoms with E-state index >= 15 is 0 Å². The number of hydrogen-bond acceptors (Lipinski definition) is 1. The van der Waals surface area contributed by atoms with Gasteiger partial charge in [0, 0.05) is 0 Å². The number of aliphatic hydroxyl groups excluding tert-OH is 1. The molecular formula is C5H9OPr. The first-order valence-corrected chi connectivity index (χ1v) is 4.73. The summed E-state index contributed by atoms with van der Waals surface area (Å²) in [5, 5.41) is 9.03. The summed E-state index contributed by atoms with van der Waals surface area (Å²) in [7, 11) is 0. The molecule has 1 fully saturated rings. The van der Waals surface area contributed by atoms with Crippen molar-refractivity contribution in [2.75, 3.05) is 0 Å². The normalized spacial score (nSPS) is 29.3. The molecule has 1 rings (SSSR count). The van der Waals surface area contributed by atoms with Crippen LogP contribution in [-0.4, -0.2) is 6.79 Å². The van der Waals surface area contributed by atoms with Gasteiger partial charge in [-0.1, -0.05) is 0 Å². The van der Waals surface area contributed by atoms with Crippen LogP contribution >= 0.6 is 0 Å². The van der Waals surface area contributed by atoms with Gasteiger partial charge in [0.05, 0.1) is 0 Å². The molecule has 0 radical (unpaired) electrons. The summed E-state index contributed by atoms with van der Waals surface area (Å²) >= 11 is 0.762. The van der Waals surface area contributed by atoms with Crippen LogP contribution in [0.15, 0.2) is 0 Å². The van der Waals surface area contributed by atoms with Gasteiger partial charge in [0.15, 0.2) is 0 Å². The van der Waals surface area contributed by atoms with E-state index in [-0.39, 0.29) is 1.69 Å². The molecule has 0 aromatic rings. The van der Waals surface area contributed by atoms with Gasteiger partial charge < -0.3 is 0 Å². The van der Waals surface area contributed by atoms with Crippen molar-refractivity contribution in [1.29, 1.82) is 0 Å². The number of hydrogen-bond donors (Lipinski definition) is 1. The molecule has 1 unspecified atom stereocenters. The third-order valence-electron chi connectivity index (χ3n) is 1.75. The second-order valence-electron chi connectivity index (χ2n) is 2.60. The van der Waals surface area contributed by atoms with Crippen LogP contribution in [0.2, 0.25) is 0 Å². The van der Waals surface area contributed by atoms with Gasteiger partial charge in [0.25, 0.3) is 0 Å². The first-order chi connectivity index (χ1) is 3.15. The zero-order chi connectivity index (χ0) is 5.49. The molecule has 0 spiro atoms. The molecule has 2 heteroatoms. The van der Waals surface area contributed by atoms with Crippen molar-refractivity contribution >= 4 is 0 Å². The monoisotopic (exact) mass is 226 g/mol. The molecule has 1 aliphatic rings. The molecule has 0 aliphatic heterocycles. The van der Waals surface area contributed by atoms with Crippen LogP contribution < -0.4 is 0 Å². The fourth-order valence-corrected chi connectivity index (χ4v) is 1.56. The summed E-state index contributed by atoms with van der Waals surface area (Å²) in [6, 6.07) is 0. The summed E-state index contributed by atoms with van der Waals surface area (Å²) in [5.74, 6) is 0. The average molecular weight is 226 g/mol. The third kappa shape index (κ3) is 1.37. The van der Waals surface area contributed by atoms with Crippen LogP contribution in [0.4, 0.5) is 0 Å². The molecule has 0 aromatic carbocycles. The fourth-order valence-electron chi connectivity index (χ4n) is 0.493. The Morgan fingerprint density at radius 3 is 2.14 bits per heavy atom. The van der Waals surface area contributed by atoms with Crippen LogP contribution in [0.25, 0.3) is 0 Å². The van der Waals surface area contributed by atoms with Gasteiger partial charge in [-0.3, -0.25) is 0 Å². The minimum atomic E-state index is 0.0764. The second kappa shape index (κ2) is 1.93. The Labute approximate surface area is 70.4 Å². The Balaban J connectivity index is 2.39. The van der Waals surface area contributed by atoms with Crippen LogP contribution in [0.5, 0.6) is 0 Å². The summed E-state index contributed by atoms with van der Waals surface area (Å²) in [5.41, 5.74) is 0.380. The van der Waals surface area contributed by atoms with Gasteiger partial charge in [-0.15, -0.1) is 0 Å². The molecule has 1 aliphatic carbocycles. The second-order valence-corrected chi connectivity index (χ2v) is 4.62. The van der Waals surface area contributed by atoms with Crippen molar-refractivity contribution in [3.63, 3.8) is 0 Å². The molecule has 0 heterocycles. The van der Waals surface area contributed by atoms with Crippen molar-refractivity contribution < 1.29 is 44.3 Å². The molecule has 1 N–H and O–H groups in total. The summed E-state index contributed by atoms with van der Waals surface area (Å²) in [6.45, 7) is 2.16. The molecule has 0 bridgehead atoms. The minimum absolute atomic E-state index is 0.0764. The van der Waals surface area contributed by atoms with Gasteiger partial charge in [-0.2, -0.15) is 0 Å². The van der Waals surface area contributed by atoms with Crippen molar-refractivity contribution in [1.82, 2.24) is 0 Å². The first-order valence-electron chi connectivity index (χ1n) is 2.59. The van der Waals surface area contributed by atoms with Gasteiger partial charge >= 0.3 is 71.2 Å².